The summed E-state index contributed by atoms with van der Waals surface area (Å²) in [6.45, 7) is 4.17. The van der Waals surface area contributed by atoms with E-state index < -0.39 is 0 Å². The smallest absolute Gasteiger partial charge is 0.225 e. The van der Waals surface area contributed by atoms with Crippen LogP contribution >= 0.6 is 0 Å². The fourth-order valence-corrected chi connectivity index (χ4v) is 2.77. The van der Waals surface area contributed by atoms with Crippen molar-refractivity contribution in [1.82, 2.24) is 20.3 Å². The zero-order valence-corrected chi connectivity index (χ0v) is 12.3. The number of anilines is 1. The second-order valence-electron chi connectivity index (χ2n) is 5.45. The predicted molar refractivity (Wildman–Crippen MR) is 83.1 cm³/mol. The fourth-order valence-electron chi connectivity index (χ4n) is 2.77. The van der Waals surface area contributed by atoms with Crippen LogP contribution in [0.4, 0.5) is 5.95 Å². The molecule has 0 aliphatic carbocycles. The Morgan fingerprint density at radius 2 is 1.76 bits per heavy atom. The lowest BCUT2D eigenvalue weighted by molar-refractivity contribution is 0.376. The van der Waals surface area contributed by atoms with E-state index in [0.717, 1.165) is 37.6 Å². The topological polar surface area (TPSA) is 53.9 Å². The maximum absolute atomic E-state index is 4.41. The van der Waals surface area contributed by atoms with Crippen LogP contribution in [-0.2, 0) is 0 Å². The standard InChI is InChI=1S/C16H21N5/c1-13(15-5-2-3-8-17-15)20-14-6-11-21(12-7-14)16-18-9-4-10-19-16/h2-5,8-10,13-14,20H,6-7,11-12H2,1H3. The molecule has 2 aromatic heterocycles. The number of hydrogen-bond acceptors (Lipinski definition) is 5. The number of nitrogens with one attached hydrogen (secondary N) is 1. The van der Waals surface area contributed by atoms with E-state index in [1.165, 1.54) is 0 Å². The number of hydrogen-bond donors (Lipinski definition) is 1. The van der Waals surface area contributed by atoms with Gasteiger partial charge >= 0.3 is 0 Å². The summed E-state index contributed by atoms with van der Waals surface area (Å²) in [6, 6.07) is 8.74. The third kappa shape index (κ3) is 3.55. The van der Waals surface area contributed by atoms with Gasteiger partial charge in [0.1, 0.15) is 0 Å². The first kappa shape index (κ1) is 13.9. The molecule has 110 valence electrons. The molecule has 0 aromatic carbocycles. The molecule has 0 saturated carbocycles. The predicted octanol–water partition coefficient (Wildman–Crippen LogP) is 2.19. The van der Waals surface area contributed by atoms with Gasteiger partial charge in [-0.15, -0.1) is 0 Å². The zero-order valence-electron chi connectivity index (χ0n) is 12.3. The Morgan fingerprint density at radius 1 is 1.05 bits per heavy atom. The molecule has 1 fully saturated rings. The molecular formula is C16H21N5. The minimum atomic E-state index is 0.288. The molecule has 1 unspecified atom stereocenters. The summed E-state index contributed by atoms with van der Waals surface area (Å²) in [4.78, 5) is 15.3. The summed E-state index contributed by atoms with van der Waals surface area (Å²) >= 11 is 0. The molecule has 0 spiro atoms. The molecule has 5 nitrogen and oxygen atoms in total. The Hall–Kier alpha value is -2.01. The third-order valence-electron chi connectivity index (χ3n) is 3.95. The van der Waals surface area contributed by atoms with Gasteiger partial charge in [-0.05, 0) is 38.0 Å². The minimum absolute atomic E-state index is 0.288. The van der Waals surface area contributed by atoms with E-state index >= 15 is 0 Å². The van der Waals surface area contributed by atoms with Gasteiger partial charge in [-0.25, -0.2) is 9.97 Å². The van der Waals surface area contributed by atoms with Crippen molar-refractivity contribution in [3.63, 3.8) is 0 Å². The van der Waals surface area contributed by atoms with Crippen LogP contribution < -0.4 is 10.2 Å². The maximum Gasteiger partial charge on any atom is 0.225 e. The molecule has 5 heteroatoms. The fraction of sp³-hybridized carbons (Fsp3) is 0.438. The second kappa shape index (κ2) is 6.63. The first-order valence-electron chi connectivity index (χ1n) is 7.52. The normalized spacial score (nSPS) is 17.7. The molecule has 21 heavy (non-hydrogen) atoms. The van der Waals surface area contributed by atoms with Gasteiger partial charge in [-0.1, -0.05) is 6.07 Å². The first-order valence-corrected chi connectivity index (χ1v) is 7.52. The van der Waals surface area contributed by atoms with Crippen LogP contribution in [0.3, 0.4) is 0 Å². The van der Waals surface area contributed by atoms with E-state index in [-0.39, 0.29) is 6.04 Å². The zero-order chi connectivity index (χ0) is 14.5. The van der Waals surface area contributed by atoms with E-state index in [1.807, 2.05) is 24.4 Å². The summed E-state index contributed by atoms with van der Waals surface area (Å²) in [7, 11) is 0. The van der Waals surface area contributed by atoms with Gasteiger partial charge in [-0.2, -0.15) is 0 Å². The highest BCUT2D eigenvalue weighted by Gasteiger charge is 2.22. The lowest BCUT2D eigenvalue weighted by Gasteiger charge is -2.33. The van der Waals surface area contributed by atoms with Crippen LogP contribution in [0.1, 0.15) is 31.5 Å². The van der Waals surface area contributed by atoms with Gasteiger partial charge < -0.3 is 10.2 Å². The van der Waals surface area contributed by atoms with Gasteiger partial charge in [0.2, 0.25) is 5.95 Å². The van der Waals surface area contributed by atoms with Crippen molar-refractivity contribution in [3.05, 3.63) is 48.5 Å². The number of pyridine rings is 1. The average Bonchev–Trinajstić information content (AvgIpc) is 2.57. The molecule has 3 heterocycles. The second-order valence-corrected chi connectivity index (χ2v) is 5.45. The van der Waals surface area contributed by atoms with Gasteiger partial charge in [0.05, 0.1) is 5.69 Å². The quantitative estimate of drug-likeness (QED) is 0.932. The van der Waals surface area contributed by atoms with Crippen LogP contribution in [0.15, 0.2) is 42.9 Å². The van der Waals surface area contributed by atoms with Crippen molar-refractivity contribution >= 4 is 5.95 Å². The van der Waals surface area contributed by atoms with Crippen LogP contribution in [0, 0.1) is 0 Å². The van der Waals surface area contributed by atoms with Crippen molar-refractivity contribution in [3.8, 4) is 0 Å². The monoisotopic (exact) mass is 283 g/mol. The highest BCUT2D eigenvalue weighted by molar-refractivity contribution is 5.29. The average molecular weight is 283 g/mol. The largest absolute Gasteiger partial charge is 0.341 e. The van der Waals surface area contributed by atoms with Gasteiger partial charge in [0, 0.05) is 43.8 Å². The summed E-state index contributed by atoms with van der Waals surface area (Å²) in [5, 5.41) is 3.68. The van der Waals surface area contributed by atoms with Crippen molar-refractivity contribution in [1.29, 1.82) is 0 Å². The van der Waals surface area contributed by atoms with E-state index in [1.54, 1.807) is 12.4 Å². The Bertz CT molecular complexity index is 537. The SMILES string of the molecule is CC(NC1CCN(c2ncccn2)CC1)c1ccccn1. The highest BCUT2D eigenvalue weighted by Crippen LogP contribution is 2.18. The first-order chi connectivity index (χ1) is 10.3. The number of rotatable bonds is 4. The molecule has 0 bridgehead atoms. The molecule has 1 N–H and O–H groups in total. The third-order valence-corrected chi connectivity index (χ3v) is 3.95. The van der Waals surface area contributed by atoms with E-state index in [4.69, 9.17) is 0 Å². The highest BCUT2D eigenvalue weighted by atomic mass is 15.3. The Morgan fingerprint density at radius 3 is 2.43 bits per heavy atom. The maximum atomic E-state index is 4.41. The van der Waals surface area contributed by atoms with E-state index in [2.05, 4.69) is 38.2 Å². The van der Waals surface area contributed by atoms with Gasteiger partial charge in [0.25, 0.3) is 0 Å². The number of aromatic nitrogens is 3. The van der Waals surface area contributed by atoms with Crippen molar-refractivity contribution in [2.75, 3.05) is 18.0 Å². The van der Waals surface area contributed by atoms with Crippen molar-refractivity contribution in [2.24, 2.45) is 0 Å². The van der Waals surface area contributed by atoms with Crippen molar-refractivity contribution < 1.29 is 0 Å². The lowest BCUT2D eigenvalue weighted by atomic mass is 10.0. The van der Waals surface area contributed by atoms with Gasteiger partial charge in [0.15, 0.2) is 0 Å². The molecule has 1 aliphatic heterocycles. The minimum Gasteiger partial charge on any atom is -0.341 e. The summed E-state index contributed by atoms with van der Waals surface area (Å²) in [5.41, 5.74) is 1.10. The van der Waals surface area contributed by atoms with Crippen LogP contribution in [0.2, 0.25) is 0 Å². The van der Waals surface area contributed by atoms with Crippen LogP contribution in [0.5, 0.6) is 0 Å². The molecular weight excluding hydrogens is 262 g/mol. The summed E-state index contributed by atoms with van der Waals surface area (Å²) in [5.74, 6) is 0.841. The lowest BCUT2D eigenvalue weighted by Crippen LogP contribution is -2.43. The molecule has 3 rings (SSSR count). The van der Waals surface area contributed by atoms with Gasteiger partial charge in [-0.3, -0.25) is 4.98 Å². The van der Waals surface area contributed by atoms with Crippen LogP contribution in [0.25, 0.3) is 0 Å². The summed E-state index contributed by atoms with van der Waals surface area (Å²) in [6.07, 6.45) is 7.67. The van der Waals surface area contributed by atoms with E-state index in [9.17, 15) is 0 Å². The molecule has 1 aliphatic rings. The molecule has 2 aromatic rings. The summed E-state index contributed by atoms with van der Waals surface area (Å²) < 4.78 is 0. The Labute approximate surface area is 125 Å². The van der Waals surface area contributed by atoms with Crippen molar-refractivity contribution in [2.45, 2.75) is 31.8 Å². The van der Waals surface area contributed by atoms with Crippen LogP contribution in [-0.4, -0.2) is 34.1 Å². The molecule has 1 atom stereocenters. The Balaban J connectivity index is 1.52. The number of nitrogens with zero attached hydrogens (tertiary/aromatic N) is 4. The Kier molecular flexibility index (Phi) is 4.40. The van der Waals surface area contributed by atoms with E-state index in [0.29, 0.717) is 6.04 Å². The molecule has 0 amide bonds. The number of piperidine rings is 1. The molecule has 1 saturated heterocycles. The molecule has 0 radical (unpaired) electrons.